The lowest BCUT2D eigenvalue weighted by Crippen LogP contribution is -2.66. The van der Waals surface area contributed by atoms with Crippen LogP contribution in [0.2, 0.25) is 0 Å². The summed E-state index contributed by atoms with van der Waals surface area (Å²) in [5, 5.41) is 120. The van der Waals surface area contributed by atoms with Crippen molar-refractivity contribution in [2.45, 2.75) is 311 Å². The lowest BCUT2D eigenvalue weighted by molar-refractivity contribution is -0.379. The molecule has 0 aromatic rings. The number of aliphatic hydroxyl groups excluding tert-OH is 11. The summed E-state index contributed by atoms with van der Waals surface area (Å²) in [6, 6.07) is -0.980. The van der Waals surface area contributed by atoms with Crippen molar-refractivity contribution in [1.29, 1.82) is 0 Å². The number of nitrogens with one attached hydrogen (secondary N) is 1. The van der Waals surface area contributed by atoms with Gasteiger partial charge in [0.2, 0.25) is 5.91 Å². The first kappa shape index (κ1) is 78.2. The second kappa shape index (κ2) is 49.6. The Balaban J connectivity index is 1.41. The van der Waals surface area contributed by atoms with Gasteiger partial charge in [-0.1, -0.05) is 214 Å². The van der Waals surface area contributed by atoms with Crippen LogP contribution in [0.25, 0.3) is 0 Å². The minimum Gasteiger partial charge on any atom is -0.394 e. The first-order valence-corrected chi connectivity index (χ1v) is 33.3. The molecule has 3 aliphatic rings. The first-order valence-electron chi connectivity index (χ1n) is 33.3. The van der Waals surface area contributed by atoms with Crippen LogP contribution in [0.5, 0.6) is 0 Å². The third-order valence-electron chi connectivity index (χ3n) is 16.2. The summed E-state index contributed by atoms with van der Waals surface area (Å²) < 4.78 is 34.3. The molecule has 87 heavy (non-hydrogen) atoms. The van der Waals surface area contributed by atoms with E-state index in [9.17, 15) is 61.0 Å². The number of carbonyl (C=O) groups is 1. The smallest absolute Gasteiger partial charge is 0.220 e. The Morgan fingerprint density at radius 1 is 0.425 bits per heavy atom. The fourth-order valence-corrected chi connectivity index (χ4v) is 10.8. The van der Waals surface area contributed by atoms with E-state index in [0.717, 1.165) is 96.3 Å². The highest BCUT2D eigenvalue weighted by Crippen LogP contribution is 2.33. The molecule has 3 rings (SSSR count). The zero-order valence-corrected chi connectivity index (χ0v) is 52.7. The summed E-state index contributed by atoms with van der Waals surface area (Å²) in [5.74, 6) is -0.285. The molecule has 0 saturated carbocycles. The van der Waals surface area contributed by atoms with Gasteiger partial charge in [0.15, 0.2) is 18.9 Å². The zero-order chi connectivity index (χ0) is 63.3. The van der Waals surface area contributed by atoms with Crippen molar-refractivity contribution in [3.63, 3.8) is 0 Å². The Labute approximate surface area is 520 Å². The minimum atomic E-state index is -1.98. The van der Waals surface area contributed by atoms with E-state index in [1.165, 1.54) is 83.5 Å². The molecule has 17 atom stereocenters. The number of amides is 1. The van der Waals surface area contributed by atoms with Gasteiger partial charge in [-0.2, -0.15) is 0 Å². The van der Waals surface area contributed by atoms with E-state index < -0.39 is 124 Å². The van der Waals surface area contributed by atoms with Crippen molar-refractivity contribution in [2.24, 2.45) is 0 Å². The topological polar surface area (TPSA) is 307 Å². The number of hydrogen-bond acceptors (Lipinski definition) is 18. The van der Waals surface area contributed by atoms with Crippen LogP contribution in [-0.2, 0) is 33.2 Å². The van der Waals surface area contributed by atoms with E-state index in [-0.39, 0.29) is 18.9 Å². The quantitative estimate of drug-likeness (QED) is 0.0203. The fraction of sp³-hybridized carbons (Fsp3) is 0.779. The van der Waals surface area contributed by atoms with Crippen molar-refractivity contribution in [1.82, 2.24) is 5.32 Å². The lowest BCUT2D eigenvalue weighted by atomic mass is 9.96. The maximum atomic E-state index is 13.4. The molecule has 0 aliphatic carbocycles. The fourth-order valence-electron chi connectivity index (χ4n) is 10.8. The van der Waals surface area contributed by atoms with E-state index in [0.29, 0.717) is 6.42 Å². The molecule has 0 radical (unpaired) electrons. The highest BCUT2D eigenvalue weighted by Gasteiger charge is 2.53. The van der Waals surface area contributed by atoms with Gasteiger partial charge in [-0.05, 0) is 70.6 Å². The molecular weight excluding hydrogens is 1120 g/mol. The van der Waals surface area contributed by atoms with Crippen molar-refractivity contribution in [2.75, 3.05) is 26.4 Å². The van der Waals surface area contributed by atoms with Crippen molar-refractivity contribution in [3.05, 3.63) is 85.1 Å². The summed E-state index contributed by atoms with van der Waals surface area (Å²) in [7, 11) is 0. The molecule has 0 spiro atoms. The van der Waals surface area contributed by atoms with Gasteiger partial charge < -0.3 is 89.9 Å². The predicted molar refractivity (Wildman–Crippen MR) is 337 cm³/mol. The molecular formula is C68H117NO18. The summed E-state index contributed by atoms with van der Waals surface area (Å²) in [5.41, 5.74) is 0. The molecule has 0 aromatic heterocycles. The van der Waals surface area contributed by atoms with Gasteiger partial charge in [-0.3, -0.25) is 4.79 Å². The van der Waals surface area contributed by atoms with E-state index in [4.69, 9.17) is 28.4 Å². The molecule has 502 valence electrons. The molecule has 19 nitrogen and oxygen atoms in total. The van der Waals surface area contributed by atoms with Crippen LogP contribution in [0.3, 0.4) is 0 Å². The monoisotopic (exact) mass is 1240 g/mol. The number of allylic oxidation sites excluding steroid dienone is 13. The average Bonchev–Trinajstić information content (AvgIpc) is 1.69. The molecule has 0 aromatic carbocycles. The van der Waals surface area contributed by atoms with Crippen molar-refractivity contribution >= 4 is 5.91 Å². The van der Waals surface area contributed by atoms with Crippen LogP contribution in [0.1, 0.15) is 206 Å². The standard InChI is InChI=1S/C68H117NO18/c1-3-5-7-9-11-13-15-17-18-19-20-21-22-23-24-25-26-27-28-29-30-31-32-34-36-38-40-42-44-46-56(74)69-51(52(73)45-43-41-39-37-35-33-16-14-12-10-8-6-4-2)50-82-66-62(80)59(77)64(54(48-71)84-66)87-68-63(81)60(78)65(55(49-72)85-68)86-67-61(79)58(76)57(75)53(47-70)83-67/h5,7,11,13,17-18,20-21,23-24,26-27,43,45,51-55,57-68,70-73,75-81H,3-4,6,8-10,12,14-16,19,22,25,28-42,44,46-50H2,1-2H3,(H,69,74)/b7-5-,13-11-,18-17-,21-20-,24-23-,27-26-,45-43+. The number of hydrogen-bond donors (Lipinski definition) is 12. The van der Waals surface area contributed by atoms with Gasteiger partial charge >= 0.3 is 0 Å². The third-order valence-corrected chi connectivity index (χ3v) is 16.2. The van der Waals surface area contributed by atoms with E-state index >= 15 is 0 Å². The van der Waals surface area contributed by atoms with Crippen LogP contribution in [-0.4, -0.2) is 193 Å². The average molecular weight is 1240 g/mol. The highest BCUT2D eigenvalue weighted by molar-refractivity contribution is 5.76. The summed E-state index contributed by atoms with van der Waals surface area (Å²) in [6.07, 6.45) is 35.6. The van der Waals surface area contributed by atoms with Crippen molar-refractivity contribution in [3.8, 4) is 0 Å². The Morgan fingerprint density at radius 2 is 0.793 bits per heavy atom. The van der Waals surface area contributed by atoms with Crippen LogP contribution in [0, 0.1) is 0 Å². The zero-order valence-electron chi connectivity index (χ0n) is 52.7. The Kier molecular flexibility index (Phi) is 44.6. The molecule has 3 saturated heterocycles. The minimum absolute atomic E-state index is 0.233. The molecule has 3 heterocycles. The number of aliphatic hydroxyl groups is 11. The van der Waals surface area contributed by atoms with Crippen molar-refractivity contribution < 1.29 is 89.4 Å². The molecule has 17 unspecified atom stereocenters. The Bertz CT molecular complexity index is 1910. The van der Waals surface area contributed by atoms with Gasteiger partial charge in [-0.25, -0.2) is 0 Å². The summed E-state index contributed by atoms with van der Waals surface area (Å²) >= 11 is 0. The number of rotatable bonds is 49. The lowest BCUT2D eigenvalue weighted by Gasteiger charge is -2.48. The maximum Gasteiger partial charge on any atom is 0.220 e. The number of unbranched alkanes of at least 4 members (excludes halogenated alkanes) is 21. The second-order valence-electron chi connectivity index (χ2n) is 23.6. The number of ether oxygens (including phenoxy) is 6. The SMILES string of the molecule is CC/C=C\C/C=C\C/C=C\C/C=C\C/C=C\C/C=C\CCCCCCCCCCCCC(=O)NC(COC1OC(CO)C(OC2OC(CO)C(OC3OC(CO)C(O)C(O)C3O)C(O)C2O)C(O)C1O)C(O)/C=C/CCCCCCCCCCCCC. The predicted octanol–water partition coefficient (Wildman–Crippen LogP) is 7.93. The van der Waals surface area contributed by atoms with Crippen LogP contribution in [0.4, 0.5) is 0 Å². The van der Waals surface area contributed by atoms with E-state index in [1.54, 1.807) is 6.08 Å². The molecule has 3 aliphatic heterocycles. The highest BCUT2D eigenvalue weighted by atomic mass is 16.8. The normalized spacial score (nSPS) is 29.1. The maximum absolute atomic E-state index is 13.4. The molecule has 19 heteroatoms. The summed E-state index contributed by atoms with van der Waals surface area (Å²) in [4.78, 5) is 13.4. The largest absolute Gasteiger partial charge is 0.394 e. The Hall–Kier alpha value is -3.03. The van der Waals surface area contributed by atoms with Gasteiger partial charge in [0, 0.05) is 6.42 Å². The second-order valence-corrected chi connectivity index (χ2v) is 23.6. The first-order chi connectivity index (χ1) is 42.3. The van der Waals surface area contributed by atoms with E-state index in [2.05, 4.69) is 92.1 Å². The third kappa shape index (κ3) is 32.2. The van der Waals surface area contributed by atoms with Crippen LogP contribution in [0.15, 0.2) is 85.1 Å². The van der Waals surface area contributed by atoms with Gasteiger partial charge in [0.1, 0.15) is 73.2 Å². The van der Waals surface area contributed by atoms with Gasteiger partial charge in [0.25, 0.3) is 0 Å². The van der Waals surface area contributed by atoms with Gasteiger partial charge in [0.05, 0.1) is 38.6 Å². The van der Waals surface area contributed by atoms with Crippen LogP contribution >= 0.6 is 0 Å². The van der Waals surface area contributed by atoms with Gasteiger partial charge in [-0.15, -0.1) is 0 Å². The molecule has 0 bridgehead atoms. The number of carbonyl (C=O) groups excluding carboxylic acids is 1. The van der Waals surface area contributed by atoms with Crippen LogP contribution < -0.4 is 5.32 Å². The summed E-state index contributed by atoms with van der Waals surface area (Å²) in [6.45, 7) is 1.59. The molecule has 12 N–H and O–H groups in total. The van der Waals surface area contributed by atoms with E-state index in [1.807, 2.05) is 6.08 Å². The molecule has 3 fully saturated rings. The Morgan fingerprint density at radius 3 is 1.24 bits per heavy atom. The molecule has 1 amide bonds.